The fraction of sp³-hybridized carbons (Fsp3) is 0.423. The molecule has 3 rings (SSSR count). The molecule has 0 aromatic heterocycles. The van der Waals surface area contributed by atoms with Crippen LogP contribution >= 0.6 is 11.8 Å². The predicted molar refractivity (Wildman–Crippen MR) is 139 cm³/mol. The van der Waals surface area contributed by atoms with Crippen LogP contribution in [-0.2, 0) is 27.3 Å². The Hall–Kier alpha value is -3.32. The highest BCUT2D eigenvalue weighted by Gasteiger charge is 2.35. The van der Waals surface area contributed by atoms with Gasteiger partial charge in [-0.1, -0.05) is 19.9 Å². The van der Waals surface area contributed by atoms with Gasteiger partial charge in [-0.3, -0.25) is 9.59 Å². The molecule has 8 nitrogen and oxygen atoms in total. The molecular weight excluding hydrogens is 540 g/mol. The summed E-state index contributed by atoms with van der Waals surface area (Å²) in [5, 5.41) is 13.8. The van der Waals surface area contributed by atoms with Gasteiger partial charge in [0.15, 0.2) is 17.0 Å². The maximum absolute atomic E-state index is 14.6. The molecule has 2 aromatic carbocycles. The van der Waals surface area contributed by atoms with Crippen LogP contribution < -0.4 is 16.4 Å². The molecule has 0 saturated carbocycles. The number of carbonyl (C=O) groups is 3. The second-order valence-electron chi connectivity index (χ2n) is 9.56. The molecule has 1 aliphatic rings. The molecule has 1 heterocycles. The van der Waals surface area contributed by atoms with E-state index in [-0.39, 0.29) is 48.7 Å². The summed E-state index contributed by atoms with van der Waals surface area (Å²) in [4.78, 5) is 38.3. The number of rotatable bonds is 11. The first kappa shape index (κ1) is 30.2. The van der Waals surface area contributed by atoms with Crippen LogP contribution in [0.15, 0.2) is 30.3 Å². The summed E-state index contributed by atoms with van der Waals surface area (Å²) in [5.41, 5.74) is 6.25. The number of carboxylic acid groups (broad SMARTS) is 1. The third-order valence-electron chi connectivity index (χ3n) is 6.20. The average molecular weight is 571 g/mol. The van der Waals surface area contributed by atoms with E-state index >= 15 is 0 Å². The molecule has 1 aliphatic heterocycles. The van der Waals surface area contributed by atoms with Gasteiger partial charge in [0.2, 0.25) is 5.91 Å². The van der Waals surface area contributed by atoms with Crippen molar-refractivity contribution in [3.8, 4) is 0 Å². The molecule has 1 fully saturated rings. The fourth-order valence-electron chi connectivity index (χ4n) is 4.10. The summed E-state index contributed by atoms with van der Waals surface area (Å²) >= 11 is 1.22. The Kier molecular flexibility index (Phi) is 10.2. The van der Waals surface area contributed by atoms with Crippen LogP contribution in [0.4, 0.5) is 23.2 Å². The van der Waals surface area contributed by atoms with E-state index in [2.05, 4.69) is 10.6 Å². The van der Waals surface area contributed by atoms with Crippen LogP contribution in [-0.4, -0.2) is 57.5 Å². The Morgan fingerprint density at radius 1 is 1.05 bits per heavy atom. The molecule has 0 unspecified atom stereocenters. The highest BCUT2D eigenvalue weighted by Crippen LogP contribution is 2.26. The number of hydrogen-bond acceptors (Lipinski definition) is 6. The van der Waals surface area contributed by atoms with Crippen molar-refractivity contribution in [1.82, 2.24) is 10.2 Å². The molecule has 0 spiro atoms. The number of aliphatic carboxylic acids is 1. The monoisotopic (exact) mass is 570 g/mol. The van der Waals surface area contributed by atoms with Crippen LogP contribution in [0.2, 0.25) is 0 Å². The molecule has 5 N–H and O–H groups in total. The van der Waals surface area contributed by atoms with E-state index in [1.807, 2.05) is 0 Å². The van der Waals surface area contributed by atoms with Gasteiger partial charge in [-0.15, -0.1) is 11.8 Å². The minimum atomic E-state index is -1.32. The zero-order chi connectivity index (χ0) is 28.9. The Morgan fingerprint density at radius 3 is 2.36 bits per heavy atom. The summed E-state index contributed by atoms with van der Waals surface area (Å²) in [6.45, 7) is 3.55. The van der Waals surface area contributed by atoms with E-state index in [0.717, 1.165) is 6.07 Å². The van der Waals surface area contributed by atoms with Crippen LogP contribution in [0.3, 0.4) is 0 Å². The van der Waals surface area contributed by atoms with Crippen molar-refractivity contribution in [2.45, 2.75) is 50.7 Å². The Balaban J connectivity index is 1.56. The van der Waals surface area contributed by atoms with Gasteiger partial charge in [-0.2, -0.15) is 0 Å². The maximum Gasteiger partial charge on any atom is 0.326 e. The number of carboxylic acids is 1. The second kappa shape index (κ2) is 13.2. The minimum Gasteiger partial charge on any atom is -0.480 e. The van der Waals surface area contributed by atoms with Gasteiger partial charge in [-0.25, -0.2) is 22.4 Å². The predicted octanol–water partition coefficient (Wildman–Crippen LogP) is 3.24. The standard InChI is InChI=1S/C26H30F4N4O4S/c1-13(2)23(26(37)38)33-17-4-3-14(18(27)10-17)12-32-24(36)25-34(5-6-39-25)22(35)9-16(31)7-15-8-20(29)21(30)11-19(15)28/h3-4,8,10-11,13,16,23,25,33H,5-7,9,12,31H2,1-2H3,(H,32,36)(H,37,38)/t16-,23+,25+/m1/s1. The lowest BCUT2D eigenvalue weighted by Crippen LogP contribution is -2.46. The summed E-state index contributed by atoms with van der Waals surface area (Å²) in [6.07, 6.45) is -0.458. The summed E-state index contributed by atoms with van der Waals surface area (Å²) in [6, 6.07) is 3.41. The molecule has 3 atom stereocenters. The number of thioether (sulfide) groups is 1. The molecule has 39 heavy (non-hydrogen) atoms. The van der Waals surface area contributed by atoms with Crippen molar-refractivity contribution in [1.29, 1.82) is 0 Å². The number of anilines is 1. The van der Waals surface area contributed by atoms with Crippen LogP contribution in [0.5, 0.6) is 0 Å². The topological polar surface area (TPSA) is 125 Å². The number of amides is 2. The molecular formula is C26H30F4N4O4S. The van der Waals surface area contributed by atoms with Crippen molar-refractivity contribution in [3.63, 3.8) is 0 Å². The normalized spacial score (nSPS) is 16.7. The molecule has 0 aliphatic carbocycles. The van der Waals surface area contributed by atoms with Crippen molar-refractivity contribution in [2.24, 2.45) is 11.7 Å². The number of nitrogens with zero attached hydrogens (tertiary/aromatic N) is 1. The van der Waals surface area contributed by atoms with Crippen molar-refractivity contribution in [2.75, 3.05) is 17.6 Å². The van der Waals surface area contributed by atoms with Crippen LogP contribution in [0.1, 0.15) is 31.4 Å². The molecule has 212 valence electrons. The van der Waals surface area contributed by atoms with E-state index in [1.54, 1.807) is 13.8 Å². The summed E-state index contributed by atoms with van der Waals surface area (Å²) in [5.74, 6) is -5.96. The van der Waals surface area contributed by atoms with E-state index in [0.29, 0.717) is 17.9 Å². The lowest BCUT2D eigenvalue weighted by Gasteiger charge is -2.24. The van der Waals surface area contributed by atoms with Gasteiger partial charge in [0.05, 0.1) is 0 Å². The number of halogens is 4. The minimum absolute atomic E-state index is 0.161. The molecule has 1 saturated heterocycles. The maximum atomic E-state index is 14.6. The molecule has 2 aromatic rings. The van der Waals surface area contributed by atoms with Crippen molar-refractivity contribution in [3.05, 3.63) is 64.7 Å². The number of nitrogens with one attached hydrogen (secondary N) is 2. The van der Waals surface area contributed by atoms with Gasteiger partial charge in [-0.05, 0) is 36.1 Å². The van der Waals surface area contributed by atoms with Crippen molar-refractivity contribution < 1.29 is 37.1 Å². The van der Waals surface area contributed by atoms with Gasteiger partial charge < -0.3 is 26.4 Å². The SMILES string of the molecule is CC(C)[C@H](Nc1ccc(CNC(=O)[C@@H]2SCCN2C(=O)C[C@H](N)Cc2cc(F)c(F)cc2F)c(F)c1)C(=O)O. The largest absolute Gasteiger partial charge is 0.480 e. The van der Waals surface area contributed by atoms with Crippen LogP contribution in [0.25, 0.3) is 0 Å². The number of carbonyl (C=O) groups excluding carboxylic acids is 2. The Bertz CT molecular complexity index is 1230. The third-order valence-corrected chi connectivity index (χ3v) is 7.41. The molecule has 0 radical (unpaired) electrons. The van der Waals surface area contributed by atoms with Gasteiger partial charge in [0.1, 0.15) is 17.7 Å². The van der Waals surface area contributed by atoms with Gasteiger partial charge >= 0.3 is 5.97 Å². The highest BCUT2D eigenvalue weighted by molar-refractivity contribution is 8.00. The fourth-order valence-corrected chi connectivity index (χ4v) is 5.27. The first-order valence-corrected chi connectivity index (χ1v) is 13.3. The average Bonchev–Trinajstić information content (AvgIpc) is 3.35. The number of benzene rings is 2. The smallest absolute Gasteiger partial charge is 0.326 e. The van der Waals surface area contributed by atoms with E-state index in [9.17, 15) is 37.1 Å². The lowest BCUT2D eigenvalue weighted by atomic mass is 10.0. The quantitative estimate of drug-likeness (QED) is 0.242. The Labute approximate surface area is 227 Å². The zero-order valence-corrected chi connectivity index (χ0v) is 22.2. The molecule has 2 amide bonds. The van der Waals surface area contributed by atoms with Gasteiger partial charge in [0, 0.05) is 48.6 Å². The number of hydrogen-bond donors (Lipinski definition) is 4. The molecule has 0 bridgehead atoms. The second-order valence-corrected chi connectivity index (χ2v) is 10.8. The van der Waals surface area contributed by atoms with E-state index in [1.165, 1.54) is 28.8 Å². The van der Waals surface area contributed by atoms with E-state index in [4.69, 9.17) is 5.73 Å². The number of nitrogens with two attached hydrogens (primary N) is 1. The summed E-state index contributed by atoms with van der Waals surface area (Å²) in [7, 11) is 0. The van der Waals surface area contributed by atoms with Crippen LogP contribution in [0, 0.1) is 29.2 Å². The first-order valence-electron chi connectivity index (χ1n) is 12.2. The zero-order valence-electron chi connectivity index (χ0n) is 21.3. The third kappa shape index (κ3) is 7.85. The Morgan fingerprint density at radius 2 is 1.72 bits per heavy atom. The van der Waals surface area contributed by atoms with Gasteiger partial charge in [0.25, 0.3) is 5.91 Å². The summed E-state index contributed by atoms with van der Waals surface area (Å²) < 4.78 is 55.2. The highest BCUT2D eigenvalue weighted by atomic mass is 32.2. The molecule has 13 heteroatoms. The lowest BCUT2D eigenvalue weighted by molar-refractivity contribution is -0.138. The first-order chi connectivity index (χ1) is 18.4. The van der Waals surface area contributed by atoms with E-state index < -0.39 is 58.5 Å². The van der Waals surface area contributed by atoms with Crippen molar-refractivity contribution >= 4 is 35.2 Å².